The molecule has 0 aromatic carbocycles. The molecule has 0 aromatic rings. The number of carbonyl (C=O) groups is 3. The van der Waals surface area contributed by atoms with Crippen molar-refractivity contribution in [1.29, 1.82) is 0 Å². The van der Waals surface area contributed by atoms with Crippen molar-refractivity contribution < 1.29 is 75.8 Å². The summed E-state index contributed by atoms with van der Waals surface area (Å²) in [6.45, 7) is 2.36. The van der Waals surface area contributed by atoms with Crippen molar-refractivity contribution in [2.24, 2.45) is 0 Å². The third-order valence-corrected chi connectivity index (χ3v) is 15.4. The van der Waals surface area contributed by atoms with Crippen LogP contribution in [-0.2, 0) is 55.8 Å². The average molecular weight is 1270 g/mol. The standard InChI is InChI=1S/C69H118O16P2/c1-4-7-10-13-16-19-22-25-28-30-31-33-36-37-40-43-46-49-52-55-67(72)79-58-64(70)59-81-86(75,76)82-60-65(71)61-83-87(77,78)84-63-66(85-69(74)57-54-51-48-45-42-39-34-27-24-21-18-15-12-9-6-3)62-80-68(73)56-53-50-47-44-41-38-35-32-29-26-23-20-17-14-11-8-5-2/h8-9,11-12,16-21,25-29,31,33-34,64-66,70-71H,4-7,10,13-15,22-24,30,32,35-63H2,1-3H3,(H,75,76)(H,77,78)/b11-8-,12-9-,19-16-,20-17-,21-18-,28-25-,29-26-,33-31-,34-27-. The van der Waals surface area contributed by atoms with Gasteiger partial charge in [0, 0.05) is 19.3 Å². The van der Waals surface area contributed by atoms with Crippen LogP contribution < -0.4 is 0 Å². The van der Waals surface area contributed by atoms with Gasteiger partial charge < -0.3 is 34.2 Å². The second kappa shape index (κ2) is 62.4. The van der Waals surface area contributed by atoms with E-state index in [9.17, 15) is 43.5 Å². The smallest absolute Gasteiger partial charge is 0.463 e. The van der Waals surface area contributed by atoms with Gasteiger partial charge in [-0.05, 0) is 122 Å². The van der Waals surface area contributed by atoms with Crippen LogP contribution in [0, 0.1) is 0 Å². The Kier molecular flexibility index (Phi) is 59.7. The third-order valence-electron chi connectivity index (χ3n) is 13.5. The molecule has 0 saturated heterocycles. The number of phosphoric acid groups is 2. The molecule has 0 aliphatic carbocycles. The number of aliphatic hydroxyl groups excluding tert-OH is 2. The van der Waals surface area contributed by atoms with Crippen LogP contribution in [0.15, 0.2) is 109 Å². The molecular weight excluding hydrogens is 1150 g/mol. The van der Waals surface area contributed by atoms with Gasteiger partial charge in [0.1, 0.15) is 25.4 Å². The van der Waals surface area contributed by atoms with Crippen LogP contribution in [0.1, 0.15) is 252 Å². The van der Waals surface area contributed by atoms with Crippen molar-refractivity contribution in [3.8, 4) is 0 Å². The Morgan fingerprint density at radius 1 is 0.333 bits per heavy atom. The Balaban J connectivity index is 4.70. The molecule has 0 fully saturated rings. The minimum atomic E-state index is -4.93. The van der Waals surface area contributed by atoms with Crippen LogP contribution in [0.3, 0.4) is 0 Å². The van der Waals surface area contributed by atoms with E-state index in [1.54, 1.807) is 0 Å². The van der Waals surface area contributed by atoms with Gasteiger partial charge in [-0.1, -0.05) is 220 Å². The first-order chi connectivity index (χ1) is 42.2. The van der Waals surface area contributed by atoms with E-state index in [1.165, 1.54) is 25.7 Å². The Labute approximate surface area is 526 Å². The lowest BCUT2D eigenvalue weighted by Gasteiger charge is -2.21. The Morgan fingerprint density at radius 3 is 0.966 bits per heavy atom. The Hall–Kier alpha value is -3.79. The van der Waals surface area contributed by atoms with Crippen molar-refractivity contribution >= 4 is 33.6 Å². The summed E-state index contributed by atoms with van der Waals surface area (Å²) in [6.07, 6.45) is 68.5. The molecule has 0 saturated carbocycles. The summed E-state index contributed by atoms with van der Waals surface area (Å²) >= 11 is 0. The fourth-order valence-electron chi connectivity index (χ4n) is 8.43. The zero-order chi connectivity index (χ0) is 63.8. The molecule has 0 rings (SSSR count). The highest BCUT2D eigenvalue weighted by Crippen LogP contribution is 2.45. The molecule has 0 radical (unpaired) electrons. The van der Waals surface area contributed by atoms with E-state index in [1.807, 2.05) is 0 Å². The predicted molar refractivity (Wildman–Crippen MR) is 353 cm³/mol. The Morgan fingerprint density at radius 2 is 0.609 bits per heavy atom. The van der Waals surface area contributed by atoms with E-state index < -0.39 is 91.5 Å². The molecule has 16 nitrogen and oxygen atoms in total. The average Bonchev–Trinajstić information content (AvgIpc) is 3.68. The zero-order valence-corrected chi connectivity index (χ0v) is 55.7. The Bertz CT molecular complexity index is 2030. The van der Waals surface area contributed by atoms with Crippen molar-refractivity contribution in [1.82, 2.24) is 0 Å². The minimum Gasteiger partial charge on any atom is -0.463 e. The number of hydrogen-bond donors (Lipinski definition) is 4. The van der Waals surface area contributed by atoms with E-state index in [4.69, 9.17) is 32.3 Å². The first-order valence-electron chi connectivity index (χ1n) is 33.2. The normalized spacial score (nSPS) is 15.0. The number of carbonyl (C=O) groups excluding carboxylic acids is 3. The molecule has 87 heavy (non-hydrogen) atoms. The summed E-state index contributed by atoms with van der Waals surface area (Å²) in [5.74, 6) is -1.62. The maximum absolute atomic E-state index is 12.9. The number of rotatable bonds is 62. The number of unbranched alkanes of at least 4 members (excludes halogenated alkanes) is 21. The zero-order valence-electron chi connectivity index (χ0n) is 53.9. The number of ether oxygens (including phenoxy) is 3. The number of hydrogen-bond acceptors (Lipinski definition) is 14. The molecular formula is C69H118O16P2. The van der Waals surface area contributed by atoms with Crippen molar-refractivity contribution in [3.05, 3.63) is 109 Å². The van der Waals surface area contributed by atoms with E-state index in [2.05, 4.69) is 130 Å². The lowest BCUT2D eigenvalue weighted by molar-refractivity contribution is -0.161. The highest BCUT2D eigenvalue weighted by Gasteiger charge is 2.29. The summed E-state index contributed by atoms with van der Waals surface area (Å²) < 4.78 is 60.8. The van der Waals surface area contributed by atoms with Gasteiger partial charge in [-0.3, -0.25) is 32.5 Å². The van der Waals surface area contributed by atoms with Gasteiger partial charge in [-0.2, -0.15) is 0 Å². The van der Waals surface area contributed by atoms with E-state index in [0.717, 1.165) is 167 Å². The predicted octanol–water partition coefficient (Wildman–Crippen LogP) is 18.1. The van der Waals surface area contributed by atoms with Crippen LogP contribution in [-0.4, -0.2) is 95.9 Å². The van der Waals surface area contributed by atoms with E-state index in [0.29, 0.717) is 19.3 Å². The van der Waals surface area contributed by atoms with E-state index in [-0.39, 0.29) is 19.3 Å². The van der Waals surface area contributed by atoms with Gasteiger partial charge >= 0.3 is 33.6 Å². The lowest BCUT2D eigenvalue weighted by atomic mass is 10.1. The second-order valence-corrected chi connectivity index (χ2v) is 24.8. The summed E-state index contributed by atoms with van der Waals surface area (Å²) in [5, 5.41) is 20.5. The number of esters is 3. The van der Waals surface area contributed by atoms with Crippen LogP contribution in [0.4, 0.5) is 0 Å². The largest absolute Gasteiger partial charge is 0.472 e. The summed E-state index contributed by atoms with van der Waals surface area (Å²) in [5.41, 5.74) is 0. The second-order valence-electron chi connectivity index (χ2n) is 21.9. The van der Waals surface area contributed by atoms with Crippen LogP contribution in [0.2, 0.25) is 0 Å². The molecule has 5 atom stereocenters. The van der Waals surface area contributed by atoms with Crippen molar-refractivity contribution in [2.45, 2.75) is 270 Å². The summed E-state index contributed by atoms with van der Waals surface area (Å²) in [4.78, 5) is 58.3. The van der Waals surface area contributed by atoms with E-state index >= 15 is 0 Å². The molecule has 0 heterocycles. The molecule has 0 bridgehead atoms. The van der Waals surface area contributed by atoms with Crippen molar-refractivity contribution in [3.63, 3.8) is 0 Å². The van der Waals surface area contributed by atoms with Crippen molar-refractivity contribution in [2.75, 3.05) is 39.6 Å². The first kappa shape index (κ1) is 83.2. The molecule has 0 spiro atoms. The maximum atomic E-state index is 12.9. The highest BCUT2D eigenvalue weighted by atomic mass is 31.2. The van der Waals surface area contributed by atoms with Gasteiger partial charge in [-0.15, -0.1) is 0 Å². The van der Waals surface area contributed by atoms with Gasteiger partial charge in [0.2, 0.25) is 0 Å². The molecule has 0 aliphatic heterocycles. The SMILES string of the molecule is CC/C=C\C/C=C\C/C=C\CCCCCCCCCC(=O)OCC(COP(=O)(O)OCC(O)COP(=O)(O)OCC(O)COC(=O)CCCCCCCC/C=C\C/C=C\C/C=C\CCCCC)OC(=O)CCCCCCC/C=C\C/C=C\C/C=C\CC. The number of phosphoric ester groups is 2. The molecule has 5 unspecified atom stereocenters. The summed E-state index contributed by atoms with van der Waals surface area (Å²) in [6, 6.07) is 0. The topological polar surface area (TPSA) is 231 Å². The first-order valence-corrected chi connectivity index (χ1v) is 36.2. The molecule has 0 amide bonds. The maximum Gasteiger partial charge on any atom is 0.472 e. The fraction of sp³-hybridized carbons (Fsp3) is 0.696. The molecule has 18 heteroatoms. The van der Waals surface area contributed by atoms with Gasteiger partial charge in [0.05, 0.1) is 26.4 Å². The van der Waals surface area contributed by atoms with Crippen LogP contribution in [0.25, 0.3) is 0 Å². The highest BCUT2D eigenvalue weighted by molar-refractivity contribution is 7.47. The molecule has 4 N–H and O–H groups in total. The minimum absolute atomic E-state index is 0.0801. The van der Waals surface area contributed by atoms with Gasteiger partial charge in [-0.25, -0.2) is 9.13 Å². The quantitative estimate of drug-likeness (QED) is 0.0146. The van der Waals surface area contributed by atoms with Crippen LogP contribution in [0.5, 0.6) is 0 Å². The molecule has 0 aromatic heterocycles. The number of allylic oxidation sites excluding steroid dienone is 18. The molecule has 500 valence electrons. The molecule has 0 aliphatic rings. The lowest BCUT2D eigenvalue weighted by Crippen LogP contribution is -2.30. The van der Waals surface area contributed by atoms with Gasteiger partial charge in [0.15, 0.2) is 6.10 Å². The number of aliphatic hydroxyl groups is 2. The van der Waals surface area contributed by atoms with Crippen LogP contribution >= 0.6 is 15.6 Å². The van der Waals surface area contributed by atoms with Gasteiger partial charge in [0.25, 0.3) is 0 Å². The monoisotopic (exact) mass is 1260 g/mol. The summed E-state index contributed by atoms with van der Waals surface area (Å²) in [7, 11) is -9.79. The third kappa shape index (κ3) is 63.6. The fourth-order valence-corrected chi connectivity index (χ4v) is 10.0.